The molecule has 5 rings (SSSR count). The Morgan fingerprint density at radius 1 is 0.943 bits per heavy atom. The van der Waals surface area contributed by atoms with E-state index < -0.39 is 0 Å². The number of hydrogen-bond acceptors (Lipinski definition) is 6. The molecule has 0 saturated carbocycles. The van der Waals surface area contributed by atoms with Crippen LogP contribution in [-0.4, -0.2) is 25.0 Å². The second-order valence-electron chi connectivity index (χ2n) is 9.29. The maximum atomic E-state index is 13.7. The fraction of sp³-hybridized carbons (Fsp3) is 0.310. The van der Waals surface area contributed by atoms with Crippen LogP contribution in [0.15, 0.2) is 30.3 Å². The number of fused-ring (bicyclic) bond motifs is 2. The standard InChI is InChI=1S/C29H30N2O3S/c1-15-12-17(3)20(13-16(15)2)27(32)28-26(30)25-24(18-10-11-22(33-4)23(14-18)34-5)19-8-6-7-9-21(19)31-29(25)35-28/h10-14H,6-9,30H2,1-5H3. The molecule has 4 aromatic rings. The molecule has 0 saturated heterocycles. The Bertz CT molecular complexity index is 1490. The predicted octanol–water partition coefficient (Wildman–Crippen LogP) is 6.60. The molecule has 0 spiro atoms. The average molecular weight is 487 g/mol. The summed E-state index contributed by atoms with van der Waals surface area (Å²) in [4.78, 5) is 20.1. The summed E-state index contributed by atoms with van der Waals surface area (Å²) in [6, 6.07) is 10.00. The summed E-state index contributed by atoms with van der Waals surface area (Å²) in [7, 11) is 3.27. The molecule has 35 heavy (non-hydrogen) atoms. The van der Waals surface area contributed by atoms with Crippen molar-refractivity contribution >= 4 is 33.0 Å². The van der Waals surface area contributed by atoms with Crippen molar-refractivity contribution in [3.8, 4) is 22.6 Å². The van der Waals surface area contributed by atoms with Crippen molar-refractivity contribution in [2.24, 2.45) is 0 Å². The van der Waals surface area contributed by atoms with Gasteiger partial charge in [0.1, 0.15) is 9.71 Å². The van der Waals surface area contributed by atoms with Crippen LogP contribution >= 0.6 is 11.3 Å². The Morgan fingerprint density at radius 3 is 2.40 bits per heavy atom. The third-order valence-corrected chi connectivity index (χ3v) is 8.22. The van der Waals surface area contributed by atoms with E-state index >= 15 is 0 Å². The van der Waals surface area contributed by atoms with E-state index in [1.807, 2.05) is 38.1 Å². The first-order valence-corrected chi connectivity index (χ1v) is 12.7. The minimum Gasteiger partial charge on any atom is -0.493 e. The second-order valence-corrected chi connectivity index (χ2v) is 10.3. The number of aryl methyl sites for hydroxylation is 4. The molecule has 2 N–H and O–H groups in total. The van der Waals surface area contributed by atoms with Crippen LogP contribution in [0.1, 0.15) is 56.0 Å². The number of hydrogen-bond donors (Lipinski definition) is 1. The molecule has 5 nitrogen and oxygen atoms in total. The number of nitrogens with zero attached hydrogens (tertiary/aromatic N) is 1. The summed E-state index contributed by atoms with van der Waals surface area (Å²) in [5.41, 5.74) is 15.6. The molecule has 0 radical (unpaired) electrons. The molecule has 0 amide bonds. The largest absolute Gasteiger partial charge is 0.493 e. The number of nitrogen functional groups attached to an aromatic ring is 1. The number of benzene rings is 2. The van der Waals surface area contributed by atoms with Gasteiger partial charge in [0.15, 0.2) is 11.5 Å². The number of aromatic nitrogens is 1. The Hall–Kier alpha value is -3.38. The van der Waals surface area contributed by atoms with Gasteiger partial charge in [0.25, 0.3) is 0 Å². The van der Waals surface area contributed by atoms with Gasteiger partial charge in [-0.3, -0.25) is 4.79 Å². The molecule has 0 unspecified atom stereocenters. The fourth-order valence-corrected chi connectivity index (χ4v) is 6.19. The van der Waals surface area contributed by atoms with Gasteiger partial charge in [-0.05, 0) is 98.0 Å². The molecule has 2 heterocycles. The van der Waals surface area contributed by atoms with Crippen LogP contribution < -0.4 is 15.2 Å². The number of rotatable bonds is 5. The lowest BCUT2D eigenvalue weighted by Gasteiger charge is -2.21. The van der Waals surface area contributed by atoms with Crippen LogP contribution in [0.3, 0.4) is 0 Å². The number of anilines is 1. The van der Waals surface area contributed by atoms with E-state index in [0.29, 0.717) is 27.6 Å². The van der Waals surface area contributed by atoms with Crippen molar-refractivity contribution in [1.29, 1.82) is 0 Å². The number of nitrogens with two attached hydrogens (primary N) is 1. The van der Waals surface area contributed by atoms with Gasteiger partial charge in [-0.25, -0.2) is 4.98 Å². The highest BCUT2D eigenvalue weighted by atomic mass is 32.1. The van der Waals surface area contributed by atoms with Gasteiger partial charge in [-0.1, -0.05) is 12.1 Å². The lowest BCUT2D eigenvalue weighted by atomic mass is 9.87. The van der Waals surface area contributed by atoms with Crippen molar-refractivity contribution in [2.45, 2.75) is 46.5 Å². The van der Waals surface area contributed by atoms with Crippen LogP contribution in [0.4, 0.5) is 5.69 Å². The number of carbonyl (C=O) groups is 1. The number of ketones is 1. The van der Waals surface area contributed by atoms with Crippen LogP contribution in [0.2, 0.25) is 0 Å². The molecule has 0 bridgehead atoms. The molecular weight excluding hydrogens is 456 g/mol. The molecule has 0 aliphatic heterocycles. The van der Waals surface area contributed by atoms with Crippen LogP contribution in [-0.2, 0) is 12.8 Å². The van der Waals surface area contributed by atoms with Gasteiger partial charge in [-0.15, -0.1) is 11.3 Å². The molecule has 0 fully saturated rings. The van der Waals surface area contributed by atoms with Crippen molar-refractivity contribution in [3.63, 3.8) is 0 Å². The maximum absolute atomic E-state index is 13.7. The van der Waals surface area contributed by atoms with Gasteiger partial charge in [0, 0.05) is 16.6 Å². The van der Waals surface area contributed by atoms with E-state index in [4.69, 9.17) is 20.2 Å². The minimum atomic E-state index is -0.0395. The second kappa shape index (κ2) is 9.00. The van der Waals surface area contributed by atoms with Crippen molar-refractivity contribution in [1.82, 2.24) is 4.98 Å². The third kappa shape index (κ3) is 3.86. The summed E-state index contributed by atoms with van der Waals surface area (Å²) in [6.07, 6.45) is 4.10. The highest BCUT2D eigenvalue weighted by Crippen LogP contribution is 2.46. The Balaban J connectivity index is 1.77. The number of ether oxygens (including phenoxy) is 2. The number of carbonyl (C=O) groups excluding carboxylic acids is 1. The van der Waals surface area contributed by atoms with E-state index in [9.17, 15) is 4.79 Å². The van der Waals surface area contributed by atoms with Crippen LogP contribution in [0.25, 0.3) is 21.3 Å². The Labute approximate surface area is 209 Å². The highest BCUT2D eigenvalue weighted by molar-refractivity contribution is 7.21. The monoisotopic (exact) mass is 486 g/mol. The molecule has 6 heteroatoms. The first-order chi connectivity index (χ1) is 16.8. The van der Waals surface area contributed by atoms with Gasteiger partial charge < -0.3 is 15.2 Å². The zero-order chi connectivity index (χ0) is 24.9. The minimum absolute atomic E-state index is 0.0395. The zero-order valence-electron chi connectivity index (χ0n) is 20.9. The summed E-state index contributed by atoms with van der Waals surface area (Å²) in [6.45, 7) is 6.08. The topological polar surface area (TPSA) is 74.4 Å². The van der Waals surface area contributed by atoms with Crippen LogP contribution in [0, 0.1) is 20.8 Å². The Kier molecular flexibility index (Phi) is 6.01. The van der Waals surface area contributed by atoms with Crippen molar-refractivity contribution < 1.29 is 14.3 Å². The summed E-state index contributed by atoms with van der Waals surface area (Å²) >= 11 is 1.40. The first kappa shape index (κ1) is 23.4. The Morgan fingerprint density at radius 2 is 1.66 bits per heavy atom. The zero-order valence-corrected chi connectivity index (χ0v) is 21.7. The lowest BCUT2D eigenvalue weighted by molar-refractivity contribution is 0.104. The first-order valence-electron chi connectivity index (χ1n) is 11.9. The fourth-order valence-electron chi connectivity index (χ4n) is 5.11. The van der Waals surface area contributed by atoms with Gasteiger partial charge in [0.2, 0.25) is 5.78 Å². The normalized spacial score (nSPS) is 13.1. The van der Waals surface area contributed by atoms with E-state index in [1.165, 1.54) is 22.5 Å². The number of thiophene rings is 1. The molecular formula is C29H30N2O3S. The van der Waals surface area contributed by atoms with Gasteiger partial charge >= 0.3 is 0 Å². The number of methoxy groups -OCH3 is 2. The molecule has 2 aromatic carbocycles. The lowest BCUT2D eigenvalue weighted by Crippen LogP contribution is -2.08. The smallest absolute Gasteiger partial charge is 0.205 e. The van der Waals surface area contributed by atoms with Crippen molar-refractivity contribution in [2.75, 3.05) is 20.0 Å². The van der Waals surface area contributed by atoms with E-state index in [1.54, 1.807) is 14.2 Å². The molecule has 0 atom stereocenters. The molecule has 180 valence electrons. The molecule has 1 aliphatic carbocycles. The van der Waals surface area contributed by atoms with E-state index in [2.05, 4.69) is 13.0 Å². The summed E-state index contributed by atoms with van der Waals surface area (Å²) in [5, 5.41) is 0.868. The van der Waals surface area contributed by atoms with E-state index in [0.717, 1.165) is 63.8 Å². The van der Waals surface area contributed by atoms with Crippen molar-refractivity contribution in [3.05, 3.63) is 68.7 Å². The molecule has 2 aromatic heterocycles. The van der Waals surface area contributed by atoms with Gasteiger partial charge in [0.05, 0.1) is 19.9 Å². The predicted molar refractivity (Wildman–Crippen MR) is 143 cm³/mol. The maximum Gasteiger partial charge on any atom is 0.205 e. The number of pyridine rings is 1. The quantitative estimate of drug-likeness (QED) is 0.322. The summed E-state index contributed by atoms with van der Waals surface area (Å²) < 4.78 is 11.1. The van der Waals surface area contributed by atoms with E-state index in [-0.39, 0.29) is 5.78 Å². The third-order valence-electron chi connectivity index (χ3n) is 7.12. The average Bonchev–Trinajstić information content (AvgIpc) is 3.19. The van der Waals surface area contributed by atoms with Crippen LogP contribution in [0.5, 0.6) is 11.5 Å². The molecule has 1 aliphatic rings. The SMILES string of the molecule is COc1ccc(-c2c3c(nc4sc(C(=O)c5cc(C)c(C)cc5C)c(N)c24)CCCC3)cc1OC. The van der Waals surface area contributed by atoms with Gasteiger partial charge in [-0.2, -0.15) is 0 Å². The highest BCUT2D eigenvalue weighted by Gasteiger charge is 2.27. The summed E-state index contributed by atoms with van der Waals surface area (Å²) in [5.74, 6) is 1.30.